The van der Waals surface area contributed by atoms with Crippen molar-refractivity contribution in [2.75, 3.05) is 0 Å². The van der Waals surface area contributed by atoms with Gasteiger partial charge in [-0.1, -0.05) is 6.07 Å². The molecule has 94 valence electrons. The highest BCUT2D eigenvalue weighted by atomic mass is 32.1. The fourth-order valence-corrected chi connectivity index (χ4v) is 2.43. The molecule has 0 aromatic carbocycles. The summed E-state index contributed by atoms with van der Waals surface area (Å²) in [6.07, 6.45) is 2.23. The van der Waals surface area contributed by atoms with Crippen LogP contribution in [-0.4, -0.2) is 26.1 Å². The maximum atomic E-state index is 11.9. The lowest BCUT2D eigenvalue weighted by Gasteiger charge is -2.12. The Hall–Kier alpha value is -1.76. The molecule has 1 saturated carbocycles. The van der Waals surface area contributed by atoms with Crippen LogP contribution in [0.3, 0.4) is 0 Å². The topological polar surface area (TPSA) is 72.7 Å². The highest BCUT2D eigenvalue weighted by Gasteiger charge is 2.29. The molecule has 0 spiro atoms. The molecule has 0 bridgehead atoms. The second-order valence-electron chi connectivity index (χ2n) is 4.39. The molecule has 0 radical (unpaired) electrons. The first kappa shape index (κ1) is 11.3. The van der Waals surface area contributed by atoms with Crippen LogP contribution in [0.2, 0.25) is 0 Å². The normalized spacial score (nSPS) is 16.5. The minimum atomic E-state index is -0.185. The van der Waals surface area contributed by atoms with E-state index in [1.165, 1.54) is 11.3 Å². The second kappa shape index (κ2) is 4.49. The predicted molar refractivity (Wildman–Crippen MR) is 66.3 cm³/mol. The quantitative estimate of drug-likeness (QED) is 0.908. The third-order valence-electron chi connectivity index (χ3n) is 2.89. The molecule has 1 aliphatic rings. The van der Waals surface area contributed by atoms with Crippen LogP contribution in [0.15, 0.2) is 17.5 Å². The minimum absolute atomic E-state index is 0.0807. The number of tetrazole rings is 1. The maximum Gasteiger partial charge on any atom is 0.261 e. The lowest BCUT2D eigenvalue weighted by molar-refractivity contribution is 0.0941. The first-order chi connectivity index (χ1) is 8.75. The zero-order valence-electron chi connectivity index (χ0n) is 9.91. The van der Waals surface area contributed by atoms with E-state index in [9.17, 15) is 4.79 Å². The predicted octanol–water partition coefficient (Wildman–Crippen LogP) is 1.56. The van der Waals surface area contributed by atoms with E-state index >= 15 is 0 Å². The minimum Gasteiger partial charge on any atom is -0.342 e. The van der Waals surface area contributed by atoms with Gasteiger partial charge in [-0.05, 0) is 41.6 Å². The molecule has 2 heterocycles. The highest BCUT2D eigenvalue weighted by molar-refractivity contribution is 7.12. The van der Waals surface area contributed by atoms with Crippen LogP contribution in [0.4, 0.5) is 0 Å². The SMILES string of the molecule is CC(NC(=O)c1cccs1)c1nnnn1C1CC1. The van der Waals surface area contributed by atoms with Gasteiger partial charge in [0.1, 0.15) is 0 Å². The number of thiophene rings is 1. The second-order valence-corrected chi connectivity index (χ2v) is 5.33. The van der Waals surface area contributed by atoms with Crippen molar-refractivity contribution in [2.24, 2.45) is 0 Å². The van der Waals surface area contributed by atoms with Crippen LogP contribution in [0.1, 0.15) is 47.3 Å². The molecule has 1 amide bonds. The maximum absolute atomic E-state index is 11.9. The lowest BCUT2D eigenvalue weighted by atomic mass is 10.3. The van der Waals surface area contributed by atoms with Crippen molar-refractivity contribution >= 4 is 17.2 Å². The van der Waals surface area contributed by atoms with E-state index in [-0.39, 0.29) is 11.9 Å². The molecule has 0 aliphatic heterocycles. The number of nitrogens with one attached hydrogen (secondary N) is 1. The van der Waals surface area contributed by atoms with Gasteiger partial charge in [-0.2, -0.15) is 0 Å². The summed E-state index contributed by atoms with van der Waals surface area (Å²) in [6.45, 7) is 1.90. The fourth-order valence-electron chi connectivity index (χ4n) is 1.80. The first-order valence-electron chi connectivity index (χ1n) is 5.88. The van der Waals surface area contributed by atoms with Crippen LogP contribution in [0, 0.1) is 0 Å². The Morgan fingerprint density at radius 3 is 3.11 bits per heavy atom. The highest BCUT2D eigenvalue weighted by Crippen LogP contribution is 2.35. The molecular formula is C11H13N5OS. The van der Waals surface area contributed by atoms with Gasteiger partial charge in [0.15, 0.2) is 5.82 Å². The Balaban J connectivity index is 1.72. The first-order valence-corrected chi connectivity index (χ1v) is 6.76. The smallest absolute Gasteiger partial charge is 0.261 e. The summed E-state index contributed by atoms with van der Waals surface area (Å²) in [5, 5.41) is 16.5. The Morgan fingerprint density at radius 1 is 1.61 bits per heavy atom. The zero-order chi connectivity index (χ0) is 12.5. The zero-order valence-corrected chi connectivity index (χ0v) is 10.7. The third kappa shape index (κ3) is 2.13. The van der Waals surface area contributed by atoms with Gasteiger partial charge in [0.05, 0.1) is 17.0 Å². The molecule has 7 heteroatoms. The molecule has 1 N–H and O–H groups in total. The number of aromatic nitrogens is 4. The number of rotatable bonds is 4. The van der Waals surface area contributed by atoms with E-state index in [0.29, 0.717) is 10.9 Å². The van der Waals surface area contributed by atoms with Gasteiger partial charge in [-0.25, -0.2) is 4.68 Å². The molecule has 2 aromatic rings. The average Bonchev–Trinajstić information content (AvgIpc) is 2.90. The summed E-state index contributed by atoms with van der Waals surface area (Å²) in [4.78, 5) is 12.6. The number of carbonyl (C=O) groups excluding carboxylic acids is 1. The van der Waals surface area contributed by atoms with E-state index in [2.05, 4.69) is 20.8 Å². The Morgan fingerprint density at radius 2 is 2.44 bits per heavy atom. The van der Waals surface area contributed by atoms with Crippen molar-refractivity contribution in [1.82, 2.24) is 25.5 Å². The van der Waals surface area contributed by atoms with Crippen LogP contribution < -0.4 is 5.32 Å². The van der Waals surface area contributed by atoms with E-state index in [0.717, 1.165) is 18.7 Å². The molecule has 1 fully saturated rings. The number of hydrogen-bond acceptors (Lipinski definition) is 5. The van der Waals surface area contributed by atoms with Crippen LogP contribution in [-0.2, 0) is 0 Å². The van der Waals surface area contributed by atoms with E-state index in [1.807, 2.05) is 23.1 Å². The standard InChI is InChI=1S/C11H13N5OS/c1-7(12-11(17)9-3-2-6-18-9)10-13-14-15-16(10)8-4-5-8/h2-3,6-8H,4-5H2,1H3,(H,12,17). The number of carbonyl (C=O) groups is 1. The number of hydrogen-bond donors (Lipinski definition) is 1. The number of amides is 1. The third-order valence-corrected chi connectivity index (χ3v) is 3.76. The molecule has 1 atom stereocenters. The fraction of sp³-hybridized carbons (Fsp3) is 0.455. The van der Waals surface area contributed by atoms with Gasteiger partial charge in [0.25, 0.3) is 5.91 Å². The molecular weight excluding hydrogens is 250 g/mol. The van der Waals surface area contributed by atoms with E-state index in [4.69, 9.17) is 0 Å². The summed E-state index contributed by atoms with van der Waals surface area (Å²) in [5.74, 6) is 0.644. The van der Waals surface area contributed by atoms with Crippen molar-refractivity contribution in [3.8, 4) is 0 Å². The Bertz CT molecular complexity index is 546. The molecule has 2 aromatic heterocycles. The largest absolute Gasteiger partial charge is 0.342 e. The summed E-state index contributed by atoms with van der Waals surface area (Å²) >= 11 is 1.42. The van der Waals surface area contributed by atoms with Gasteiger partial charge < -0.3 is 5.32 Å². The van der Waals surface area contributed by atoms with Crippen LogP contribution in [0.25, 0.3) is 0 Å². The van der Waals surface area contributed by atoms with E-state index < -0.39 is 0 Å². The van der Waals surface area contributed by atoms with E-state index in [1.54, 1.807) is 6.07 Å². The van der Waals surface area contributed by atoms with Crippen molar-refractivity contribution in [3.63, 3.8) is 0 Å². The summed E-state index contributed by atoms with van der Waals surface area (Å²) in [7, 11) is 0. The molecule has 18 heavy (non-hydrogen) atoms. The summed E-state index contributed by atoms with van der Waals surface area (Å²) in [5.41, 5.74) is 0. The molecule has 3 rings (SSSR count). The average molecular weight is 263 g/mol. The van der Waals surface area contributed by atoms with Gasteiger partial charge in [0, 0.05) is 0 Å². The van der Waals surface area contributed by atoms with Gasteiger partial charge in [-0.15, -0.1) is 16.4 Å². The molecule has 1 unspecified atom stereocenters. The molecule has 0 saturated heterocycles. The van der Waals surface area contributed by atoms with Crippen LogP contribution >= 0.6 is 11.3 Å². The lowest BCUT2D eigenvalue weighted by Crippen LogP contribution is -2.28. The van der Waals surface area contributed by atoms with Gasteiger partial charge >= 0.3 is 0 Å². The van der Waals surface area contributed by atoms with Crippen LogP contribution in [0.5, 0.6) is 0 Å². The van der Waals surface area contributed by atoms with Crippen molar-refractivity contribution in [3.05, 3.63) is 28.2 Å². The van der Waals surface area contributed by atoms with Crippen molar-refractivity contribution in [1.29, 1.82) is 0 Å². The van der Waals surface area contributed by atoms with Crippen molar-refractivity contribution in [2.45, 2.75) is 31.8 Å². The summed E-state index contributed by atoms with van der Waals surface area (Å²) < 4.78 is 1.82. The Labute approximate surface area is 108 Å². The van der Waals surface area contributed by atoms with Gasteiger partial charge in [0.2, 0.25) is 0 Å². The van der Waals surface area contributed by atoms with Crippen molar-refractivity contribution < 1.29 is 4.79 Å². The monoisotopic (exact) mass is 263 g/mol. The Kier molecular flexibility index (Phi) is 2.83. The van der Waals surface area contributed by atoms with Gasteiger partial charge in [-0.3, -0.25) is 4.79 Å². The molecule has 6 nitrogen and oxygen atoms in total. The summed E-state index contributed by atoms with van der Waals surface area (Å²) in [6, 6.07) is 3.89. The molecule has 1 aliphatic carbocycles. The number of nitrogens with zero attached hydrogens (tertiary/aromatic N) is 4.